The fourth-order valence-corrected chi connectivity index (χ4v) is 1.90. The normalized spacial score (nSPS) is 26.7. The van der Waals surface area contributed by atoms with Crippen molar-refractivity contribution in [3.63, 3.8) is 0 Å². The van der Waals surface area contributed by atoms with Gasteiger partial charge in [0.15, 0.2) is 0 Å². The third-order valence-electron chi connectivity index (χ3n) is 1.45. The van der Waals surface area contributed by atoms with Crippen molar-refractivity contribution in [1.82, 2.24) is 0 Å². The van der Waals surface area contributed by atoms with Crippen LogP contribution in [0.15, 0.2) is 0 Å². The van der Waals surface area contributed by atoms with Crippen LogP contribution in [0.25, 0.3) is 0 Å². The number of esters is 1. The molecule has 2 atom stereocenters. The van der Waals surface area contributed by atoms with Crippen LogP contribution in [0.1, 0.15) is 13.3 Å². The largest absolute Gasteiger partial charge is 0.465 e. The molecule has 0 spiro atoms. The van der Waals surface area contributed by atoms with Crippen LogP contribution in [0.3, 0.4) is 0 Å². The van der Waals surface area contributed by atoms with Gasteiger partial charge in [0.1, 0.15) is 5.25 Å². The minimum atomic E-state index is -0.0735. The zero-order chi connectivity index (χ0) is 8.27. The van der Waals surface area contributed by atoms with Crippen LogP contribution < -0.4 is 5.73 Å². The lowest BCUT2D eigenvalue weighted by molar-refractivity contribution is -0.137. The molecule has 2 N–H and O–H groups in total. The van der Waals surface area contributed by atoms with Gasteiger partial charge in [0.2, 0.25) is 0 Å². The van der Waals surface area contributed by atoms with Gasteiger partial charge < -0.3 is 10.5 Å². The number of carbonyl (C=O) groups is 1. The number of nitrogens with two attached hydrogens (primary N) is 1. The first-order chi connectivity index (χ1) is 5.20. The number of carbonyl (C=O) groups excluding carboxylic acids is 1. The fourth-order valence-electron chi connectivity index (χ4n) is 0.897. The highest BCUT2D eigenvalue weighted by Crippen LogP contribution is 2.21. The van der Waals surface area contributed by atoms with Crippen LogP contribution in [0.2, 0.25) is 0 Å². The van der Waals surface area contributed by atoms with Crippen molar-refractivity contribution >= 4 is 17.7 Å². The van der Waals surface area contributed by atoms with E-state index in [4.69, 9.17) is 10.5 Å². The van der Waals surface area contributed by atoms with Gasteiger partial charge in [-0.25, -0.2) is 0 Å². The van der Waals surface area contributed by atoms with E-state index in [2.05, 4.69) is 0 Å². The van der Waals surface area contributed by atoms with E-state index >= 15 is 0 Å². The van der Waals surface area contributed by atoms with E-state index in [9.17, 15) is 4.79 Å². The van der Waals surface area contributed by atoms with Crippen molar-refractivity contribution in [1.29, 1.82) is 0 Å². The van der Waals surface area contributed by atoms with Gasteiger partial charge in [0.25, 0.3) is 0 Å². The van der Waals surface area contributed by atoms with E-state index in [0.29, 0.717) is 6.61 Å². The van der Waals surface area contributed by atoms with Crippen LogP contribution in [0, 0.1) is 0 Å². The predicted molar refractivity (Wildman–Crippen MR) is 45.5 cm³/mol. The summed E-state index contributed by atoms with van der Waals surface area (Å²) >= 11 is 1.60. The van der Waals surface area contributed by atoms with Crippen LogP contribution in [-0.4, -0.2) is 29.6 Å². The number of cyclic esters (lactones) is 1. The minimum Gasteiger partial charge on any atom is -0.465 e. The molecule has 1 aliphatic rings. The molecule has 0 radical (unpaired) electrons. The molecule has 0 amide bonds. The molecule has 1 saturated heterocycles. The van der Waals surface area contributed by atoms with Crippen LogP contribution in [-0.2, 0) is 9.53 Å². The van der Waals surface area contributed by atoms with Gasteiger partial charge in [-0.3, -0.25) is 4.79 Å². The second kappa shape index (κ2) is 3.97. The van der Waals surface area contributed by atoms with Crippen molar-refractivity contribution in [3.05, 3.63) is 0 Å². The van der Waals surface area contributed by atoms with E-state index in [-0.39, 0.29) is 17.3 Å². The molecule has 1 aliphatic heterocycles. The zero-order valence-corrected chi connectivity index (χ0v) is 7.39. The molecule has 0 aliphatic carbocycles. The SMILES string of the molecule is CC(N)CSC1CCOC1=O. The van der Waals surface area contributed by atoms with Crippen molar-refractivity contribution in [2.24, 2.45) is 5.73 Å². The average Bonchev–Trinajstić information content (AvgIpc) is 2.31. The first kappa shape index (κ1) is 8.87. The van der Waals surface area contributed by atoms with E-state index < -0.39 is 0 Å². The Bertz CT molecular complexity index is 149. The Morgan fingerprint density at radius 3 is 3.09 bits per heavy atom. The lowest BCUT2D eigenvalue weighted by atomic mass is 10.4. The molecule has 0 saturated carbocycles. The summed E-state index contributed by atoms with van der Waals surface area (Å²) < 4.78 is 4.80. The van der Waals surface area contributed by atoms with Crippen molar-refractivity contribution in [3.8, 4) is 0 Å². The first-order valence-electron chi connectivity index (χ1n) is 3.74. The zero-order valence-electron chi connectivity index (χ0n) is 6.58. The maximum atomic E-state index is 10.9. The number of ether oxygens (including phenoxy) is 1. The quantitative estimate of drug-likeness (QED) is 0.630. The number of hydrogen-bond acceptors (Lipinski definition) is 4. The number of rotatable bonds is 3. The molecular formula is C7H13NO2S. The third kappa shape index (κ3) is 2.71. The minimum absolute atomic E-state index is 0.0426. The predicted octanol–water partition coefficient (Wildman–Crippen LogP) is 0.382. The second-order valence-corrected chi connectivity index (χ2v) is 3.99. The van der Waals surface area contributed by atoms with Crippen LogP contribution in [0.4, 0.5) is 0 Å². The molecule has 0 aromatic heterocycles. The summed E-state index contributed by atoms with van der Waals surface area (Å²) in [6.07, 6.45) is 0.843. The number of thioether (sulfide) groups is 1. The highest BCUT2D eigenvalue weighted by Gasteiger charge is 2.26. The lowest BCUT2D eigenvalue weighted by Gasteiger charge is -2.06. The highest BCUT2D eigenvalue weighted by atomic mass is 32.2. The molecule has 1 rings (SSSR count). The summed E-state index contributed by atoms with van der Waals surface area (Å²) in [5, 5.41) is 0.0426. The molecule has 64 valence electrons. The fraction of sp³-hybridized carbons (Fsp3) is 0.857. The summed E-state index contributed by atoms with van der Waals surface area (Å²) in [5.41, 5.74) is 5.54. The maximum absolute atomic E-state index is 10.9. The molecule has 1 fully saturated rings. The summed E-state index contributed by atoms with van der Waals surface area (Å²) in [4.78, 5) is 10.9. The molecular weight excluding hydrogens is 162 g/mol. The Labute approximate surface area is 70.7 Å². The van der Waals surface area contributed by atoms with Gasteiger partial charge in [-0.1, -0.05) is 0 Å². The molecule has 3 nitrogen and oxygen atoms in total. The van der Waals surface area contributed by atoms with Crippen LogP contribution in [0.5, 0.6) is 0 Å². The van der Waals surface area contributed by atoms with E-state index in [1.54, 1.807) is 11.8 Å². The van der Waals surface area contributed by atoms with Gasteiger partial charge in [0, 0.05) is 18.2 Å². The van der Waals surface area contributed by atoms with Crippen molar-refractivity contribution < 1.29 is 9.53 Å². The molecule has 11 heavy (non-hydrogen) atoms. The Morgan fingerprint density at radius 1 is 1.91 bits per heavy atom. The van der Waals surface area contributed by atoms with E-state index in [1.807, 2.05) is 6.92 Å². The van der Waals surface area contributed by atoms with Crippen molar-refractivity contribution in [2.45, 2.75) is 24.6 Å². The monoisotopic (exact) mass is 175 g/mol. The van der Waals surface area contributed by atoms with E-state index in [0.717, 1.165) is 12.2 Å². The maximum Gasteiger partial charge on any atom is 0.319 e. The Morgan fingerprint density at radius 2 is 2.64 bits per heavy atom. The molecule has 1 heterocycles. The van der Waals surface area contributed by atoms with Gasteiger partial charge in [0.05, 0.1) is 6.61 Å². The van der Waals surface area contributed by atoms with Gasteiger partial charge in [-0.15, -0.1) is 11.8 Å². The number of hydrogen-bond donors (Lipinski definition) is 1. The van der Waals surface area contributed by atoms with Crippen molar-refractivity contribution in [2.75, 3.05) is 12.4 Å². The summed E-state index contributed by atoms with van der Waals surface area (Å²) in [6.45, 7) is 2.52. The topological polar surface area (TPSA) is 52.3 Å². The van der Waals surface area contributed by atoms with Gasteiger partial charge in [-0.2, -0.15) is 0 Å². The highest BCUT2D eigenvalue weighted by molar-refractivity contribution is 8.00. The Kier molecular flexibility index (Phi) is 3.20. The lowest BCUT2D eigenvalue weighted by Crippen LogP contribution is -2.21. The molecule has 0 aromatic rings. The van der Waals surface area contributed by atoms with E-state index in [1.165, 1.54) is 0 Å². The summed E-state index contributed by atoms with van der Waals surface area (Å²) in [7, 11) is 0. The standard InChI is InChI=1S/C7H13NO2S/c1-5(8)4-11-6-2-3-10-7(6)9/h5-6H,2-4,8H2,1H3. The molecule has 0 aromatic carbocycles. The smallest absolute Gasteiger partial charge is 0.319 e. The first-order valence-corrected chi connectivity index (χ1v) is 4.79. The third-order valence-corrected chi connectivity index (χ3v) is 3.00. The van der Waals surface area contributed by atoms with Crippen LogP contribution >= 0.6 is 11.8 Å². The molecule has 4 heteroatoms. The van der Waals surface area contributed by atoms with Gasteiger partial charge >= 0.3 is 5.97 Å². The summed E-state index contributed by atoms with van der Waals surface area (Å²) in [6, 6.07) is 0.161. The van der Waals surface area contributed by atoms with Gasteiger partial charge in [-0.05, 0) is 6.92 Å². The molecule has 0 bridgehead atoms. The summed E-state index contributed by atoms with van der Waals surface area (Å²) in [5.74, 6) is 0.760. The molecule has 2 unspecified atom stereocenters. The Hall–Kier alpha value is -0.220. The average molecular weight is 175 g/mol. The second-order valence-electron chi connectivity index (χ2n) is 2.76. The Balaban J connectivity index is 2.20.